The molecule has 1 heterocycles. The number of hydrogen-bond donors (Lipinski definition) is 0. The highest BCUT2D eigenvalue weighted by Gasteiger charge is 2.38. The number of carbonyl (C=O) groups excluding carboxylic acids is 2. The Bertz CT molecular complexity index is 994. The van der Waals surface area contributed by atoms with Crippen molar-refractivity contribution in [2.75, 3.05) is 18.6 Å². The first-order valence-corrected chi connectivity index (χ1v) is 8.71. The highest BCUT2D eigenvalue weighted by atomic mass is 16.6. The number of carbonyl (C=O) groups is 2. The number of anilines is 1. The smallest absolute Gasteiger partial charge is 0.338 e. The molecule has 1 aliphatic heterocycles. The van der Waals surface area contributed by atoms with E-state index < -0.39 is 17.5 Å². The zero-order chi connectivity index (χ0) is 20.5. The van der Waals surface area contributed by atoms with Crippen molar-refractivity contribution in [1.82, 2.24) is 0 Å². The zero-order valence-corrected chi connectivity index (χ0v) is 15.8. The number of ether oxygens (including phenoxy) is 1. The van der Waals surface area contributed by atoms with Gasteiger partial charge >= 0.3 is 5.97 Å². The molecule has 0 aromatic heterocycles. The summed E-state index contributed by atoms with van der Waals surface area (Å²) in [7, 11) is 1.89. The van der Waals surface area contributed by atoms with E-state index in [4.69, 9.17) is 4.74 Å². The third-order valence-corrected chi connectivity index (χ3v) is 4.88. The summed E-state index contributed by atoms with van der Waals surface area (Å²) in [4.78, 5) is 36.7. The molecule has 7 heteroatoms. The Morgan fingerprint density at radius 3 is 2.57 bits per heavy atom. The van der Waals surface area contributed by atoms with Crippen LogP contribution in [0.2, 0.25) is 0 Å². The van der Waals surface area contributed by atoms with E-state index >= 15 is 0 Å². The van der Waals surface area contributed by atoms with Gasteiger partial charge in [0.25, 0.3) is 5.69 Å². The molecule has 28 heavy (non-hydrogen) atoms. The minimum atomic E-state index is -0.780. The van der Waals surface area contributed by atoms with Gasteiger partial charge in [0, 0.05) is 42.1 Å². The average Bonchev–Trinajstić information content (AvgIpc) is 2.87. The largest absolute Gasteiger partial charge is 0.454 e. The molecule has 0 spiro atoms. The summed E-state index contributed by atoms with van der Waals surface area (Å²) in [5.74, 6) is -1.14. The van der Waals surface area contributed by atoms with E-state index in [-0.39, 0.29) is 22.4 Å². The van der Waals surface area contributed by atoms with Crippen LogP contribution in [0.1, 0.15) is 29.8 Å². The number of fused-ring (bicyclic) bond motifs is 1. The number of benzene rings is 2. The number of hydrogen-bond acceptors (Lipinski definition) is 6. The Morgan fingerprint density at radius 2 is 1.89 bits per heavy atom. The lowest BCUT2D eigenvalue weighted by Gasteiger charge is -2.23. The fourth-order valence-corrected chi connectivity index (χ4v) is 3.42. The van der Waals surface area contributed by atoms with Gasteiger partial charge in [0.05, 0.1) is 10.5 Å². The second-order valence-corrected chi connectivity index (χ2v) is 7.08. The molecule has 2 aromatic rings. The molecule has 0 amide bonds. The molecule has 2 aromatic carbocycles. The van der Waals surface area contributed by atoms with Crippen LogP contribution >= 0.6 is 0 Å². The van der Waals surface area contributed by atoms with Gasteiger partial charge in [-0.2, -0.15) is 0 Å². The Morgan fingerprint density at radius 1 is 1.18 bits per heavy atom. The number of nitro benzene ring substituents is 1. The van der Waals surface area contributed by atoms with Crippen LogP contribution in [0.25, 0.3) is 0 Å². The number of ketones is 1. The molecule has 0 radical (unpaired) electrons. The summed E-state index contributed by atoms with van der Waals surface area (Å²) in [5.41, 5.74) is 2.41. The molecule has 0 unspecified atom stereocenters. The average molecular weight is 380 g/mol. The van der Waals surface area contributed by atoms with Gasteiger partial charge in [-0.25, -0.2) is 4.79 Å². The Hall–Kier alpha value is -3.48. The van der Waals surface area contributed by atoms with Gasteiger partial charge in [-0.3, -0.25) is 14.9 Å². The fourth-order valence-electron chi connectivity index (χ4n) is 3.42. The van der Waals surface area contributed by atoms with E-state index in [9.17, 15) is 19.7 Å². The molecule has 0 fully saturated rings. The topological polar surface area (TPSA) is 89.8 Å². The van der Waals surface area contributed by atoms with Crippen molar-refractivity contribution in [2.45, 2.75) is 19.3 Å². The number of nitrogens with zero attached hydrogens (tertiary/aromatic N) is 2. The van der Waals surface area contributed by atoms with Crippen molar-refractivity contribution in [3.8, 4) is 0 Å². The predicted octanol–water partition coefficient (Wildman–Crippen LogP) is 3.63. The summed E-state index contributed by atoms with van der Waals surface area (Å²) < 4.78 is 5.04. The quantitative estimate of drug-likeness (QED) is 0.341. The maximum Gasteiger partial charge on any atom is 0.338 e. The lowest BCUT2D eigenvalue weighted by atomic mass is 9.83. The number of rotatable bonds is 5. The molecule has 0 N–H and O–H groups in total. The van der Waals surface area contributed by atoms with Crippen molar-refractivity contribution in [1.29, 1.82) is 0 Å². The number of likely N-dealkylation sites (N-methyl/N-ethyl adjacent to an activating group) is 1. The van der Waals surface area contributed by atoms with Crippen LogP contribution in [0.4, 0.5) is 11.4 Å². The van der Waals surface area contributed by atoms with Crippen LogP contribution in [0, 0.1) is 10.1 Å². The van der Waals surface area contributed by atoms with Gasteiger partial charge in [-0.15, -0.1) is 0 Å². The molecule has 0 saturated carbocycles. The minimum absolute atomic E-state index is 0.0281. The van der Waals surface area contributed by atoms with Crippen molar-refractivity contribution < 1.29 is 19.2 Å². The van der Waals surface area contributed by atoms with Gasteiger partial charge in [0.1, 0.15) is 0 Å². The minimum Gasteiger partial charge on any atom is -0.454 e. The number of allylic oxidation sites excluding steroid dienone is 1. The molecule has 3 rings (SSSR count). The number of non-ortho nitro benzene ring substituents is 1. The number of para-hydroxylation sites is 1. The Balaban J connectivity index is 1.72. The van der Waals surface area contributed by atoms with Crippen molar-refractivity contribution in [3.63, 3.8) is 0 Å². The van der Waals surface area contributed by atoms with Gasteiger partial charge in [-0.1, -0.05) is 38.1 Å². The Kier molecular flexibility index (Phi) is 5.00. The van der Waals surface area contributed by atoms with Crippen LogP contribution in [-0.4, -0.2) is 30.3 Å². The molecule has 1 aliphatic rings. The lowest BCUT2D eigenvalue weighted by molar-refractivity contribution is -0.384. The first-order valence-electron chi connectivity index (χ1n) is 8.71. The molecule has 7 nitrogen and oxygen atoms in total. The van der Waals surface area contributed by atoms with E-state index in [2.05, 4.69) is 0 Å². The lowest BCUT2D eigenvalue weighted by Crippen LogP contribution is -2.25. The highest BCUT2D eigenvalue weighted by molar-refractivity contribution is 5.96. The summed E-state index contributed by atoms with van der Waals surface area (Å²) in [5, 5.41) is 10.8. The predicted molar refractivity (Wildman–Crippen MR) is 104 cm³/mol. The van der Waals surface area contributed by atoms with Gasteiger partial charge in [-0.05, 0) is 17.7 Å². The van der Waals surface area contributed by atoms with Gasteiger partial charge in [0.2, 0.25) is 0 Å². The van der Waals surface area contributed by atoms with E-state index in [1.165, 1.54) is 24.3 Å². The fraction of sp³-hybridized carbons (Fsp3) is 0.238. The first kappa shape index (κ1) is 19.3. The van der Waals surface area contributed by atoms with Crippen LogP contribution in [0.5, 0.6) is 0 Å². The maximum absolute atomic E-state index is 12.4. The number of esters is 1. The van der Waals surface area contributed by atoms with Crippen molar-refractivity contribution in [2.24, 2.45) is 0 Å². The summed E-state index contributed by atoms with van der Waals surface area (Å²) in [6, 6.07) is 13.1. The second kappa shape index (κ2) is 7.26. The SMILES string of the molecule is CN1/C(=C\C(=O)COC(=O)c2cccc([N+](=O)[O-])c2)C(C)(C)c2ccccc21. The molecular weight excluding hydrogens is 360 g/mol. The molecule has 0 saturated heterocycles. The van der Waals surface area contributed by atoms with Gasteiger partial charge in [0.15, 0.2) is 12.4 Å². The second-order valence-electron chi connectivity index (χ2n) is 7.08. The normalized spacial score (nSPS) is 16.0. The third kappa shape index (κ3) is 3.51. The zero-order valence-electron chi connectivity index (χ0n) is 15.8. The first-order chi connectivity index (χ1) is 13.2. The van der Waals surface area contributed by atoms with E-state index in [0.717, 1.165) is 23.0 Å². The van der Waals surface area contributed by atoms with Crippen molar-refractivity contribution >= 4 is 23.1 Å². The summed E-state index contributed by atoms with van der Waals surface area (Å²) in [6.45, 7) is 3.62. The van der Waals surface area contributed by atoms with Crippen LogP contribution in [0.15, 0.2) is 60.3 Å². The molecular formula is C21H20N2O5. The van der Waals surface area contributed by atoms with Crippen LogP contribution in [0.3, 0.4) is 0 Å². The number of nitro groups is 1. The Labute approximate surface area is 162 Å². The molecule has 144 valence electrons. The standard InChI is InChI=1S/C21H20N2O5/c1-21(2)17-9-4-5-10-18(17)22(3)19(21)12-16(24)13-28-20(25)14-7-6-8-15(11-14)23(26)27/h4-12H,13H2,1-3H3/b19-12-. The van der Waals surface area contributed by atoms with E-state index in [1.54, 1.807) is 0 Å². The summed E-state index contributed by atoms with van der Waals surface area (Å²) in [6.07, 6.45) is 1.49. The maximum atomic E-state index is 12.4. The van der Waals surface area contributed by atoms with E-state index in [1.807, 2.05) is 50.1 Å². The highest BCUT2D eigenvalue weighted by Crippen LogP contribution is 2.46. The van der Waals surface area contributed by atoms with E-state index in [0.29, 0.717) is 0 Å². The molecule has 0 aliphatic carbocycles. The van der Waals surface area contributed by atoms with Crippen molar-refractivity contribution in [3.05, 3.63) is 81.5 Å². The van der Waals surface area contributed by atoms with Gasteiger partial charge < -0.3 is 9.64 Å². The summed E-state index contributed by atoms with van der Waals surface area (Å²) >= 11 is 0. The molecule has 0 atom stereocenters. The van der Waals surface area contributed by atoms with Crippen LogP contribution in [-0.2, 0) is 14.9 Å². The molecule has 0 bridgehead atoms. The monoisotopic (exact) mass is 380 g/mol. The third-order valence-electron chi connectivity index (χ3n) is 4.88. The van der Waals surface area contributed by atoms with Crippen LogP contribution < -0.4 is 4.90 Å².